The summed E-state index contributed by atoms with van der Waals surface area (Å²) in [7, 11) is 2.94. The van der Waals surface area contributed by atoms with Gasteiger partial charge in [0.1, 0.15) is 29.0 Å². The molecule has 2 aromatic carbocycles. The number of carbonyl (C=O) groups excluding carboxylic acids is 3. The molecule has 2 rings (SSSR count). The third-order valence-corrected chi connectivity index (χ3v) is 4.72. The normalized spacial score (nSPS) is 11.9. The molecule has 0 aliphatic heterocycles. The first-order valence-electron chi connectivity index (χ1n) is 11.0. The number of benzene rings is 2. The predicted octanol–water partition coefficient (Wildman–Crippen LogP) is 4.58. The topological polar surface area (TPSA) is 115 Å². The van der Waals surface area contributed by atoms with Gasteiger partial charge in [-0.3, -0.25) is 14.9 Å². The number of anilines is 2. The van der Waals surface area contributed by atoms with Crippen molar-refractivity contribution in [3.63, 3.8) is 0 Å². The number of hydrogen-bond acceptors (Lipinski definition) is 6. The second-order valence-corrected chi connectivity index (χ2v) is 9.11. The van der Waals surface area contributed by atoms with E-state index in [0.29, 0.717) is 11.5 Å². The van der Waals surface area contributed by atoms with Gasteiger partial charge in [-0.1, -0.05) is 13.8 Å². The maximum Gasteiger partial charge on any atom is 0.412 e. The Morgan fingerprint density at radius 2 is 1.51 bits per heavy atom. The van der Waals surface area contributed by atoms with Crippen LogP contribution in [0.4, 0.5) is 20.6 Å². The molecule has 3 amide bonds. The quantitative estimate of drug-likeness (QED) is 0.500. The molecule has 0 aromatic heterocycles. The van der Waals surface area contributed by atoms with E-state index in [1.807, 2.05) is 0 Å². The molecule has 1 atom stereocenters. The van der Waals surface area contributed by atoms with Gasteiger partial charge in [0.2, 0.25) is 5.91 Å². The van der Waals surface area contributed by atoms with Crippen molar-refractivity contribution in [1.29, 1.82) is 0 Å². The number of rotatable bonds is 8. The minimum Gasteiger partial charge on any atom is -0.497 e. The number of amides is 3. The summed E-state index contributed by atoms with van der Waals surface area (Å²) in [5.74, 6) is -1.13. The molecule has 0 aliphatic carbocycles. The lowest BCUT2D eigenvalue weighted by Gasteiger charge is -2.22. The van der Waals surface area contributed by atoms with Gasteiger partial charge in [-0.2, -0.15) is 0 Å². The molecule has 0 heterocycles. The molecular formula is C25H32FN3O6. The SMILES string of the molecule is COc1cc(OC)cc(C(=O)NC(C(=O)Nc2ccc(F)c(NC(=O)OC(C)(C)C)c2)C(C)C)c1. The standard InChI is InChI=1S/C25H32FN3O6/c1-14(2)21(29-22(30)15-10-17(33-6)13-18(11-15)34-7)23(31)27-16-8-9-19(26)20(12-16)28-24(32)35-25(3,4)5/h8-14,21H,1-7H3,(H,27,31)(H,28,32)(H,29,30). The maximum absolute atomic E-state index is 14.2. The summed E-state index contributed by atoms with van der Waals surface area (Å²) in [6.07, 6.45) is -0.832. The molecule has 0 saturated heterocycles. The lowest BCUT2D eigenvalue weighted by molar-refractivity contribution is -0.118. The van der Waals surface area contributed by atoms with Gasteiger partial charge in [0.25, 0.3) is 5.91 Å². The zero-order chi connectivity index (χ0) is 26.3. The summed E-state index contributed by atoms with van der Waals surface area (Å²) < 4.78 is 29.7. The highest BCUT2D eigenvalue weighted by Gasteiger charge is 2.26. The first kappa shape index (κ1) is 27.4. The fourth-order valence-electron chi connectivity index (χ4n) is 3.03. The van der Waals surface area contributed by atoms with Gasteiger partial charge in [0.15, 0.2) is 0 Å². The Kier molecular flexibility index (Phi) is 9.05. The first-order valence-corrected chi connectivity index (χ1v) is 11.0. The third-order valence-electron chi connectivity index (χ3n) is 4.72. The van der Waals surface area contributed by atoms with Crippen LogP contribution in [0, 0.1) is 11.7 Å². The van der Waals surface area contributed by atoms with Gasteiger partial charge < -0.3 is 24.8 Å². The Labute approximate surface area is 204 Å². The minimum atomic E-state index is -0.910. The molecule has 9 nitrogen and oxygen atoms in total. The van der Waals surface area contributed by atoms with Crippen molar-refractivity contribution >= 4 is 29.3 Å². The van der Waals surface area contributed by atoms with E-state index < -0.39 is 35.4 Å². The summed E-state index contributed by atoms with van der Waals surface area (Å²) in [5, 5.41) is 7.69. The number of hydrogen-bond donors (Lipinski definition) is 3. The highest BCUT2D eigenvalue weighted by Crippen LogP contribution is 2.24. The number of halogens is 1. The number of nitrogens with one attached hydrogen (secondary N) is 3. The van der Waals surface area contributed by atoms with Crippen molar-refractivity contribution in [2.45, 2.75) is 46.3 Å². The molecule has 0 radical (unpaired) electrons. The summed E-state index contributed by atoms with van der Waals surface area (Å²) >= 11 is 0. The smallest absolute Gasteiger partial charge is 0.412 e. The van der Waals surface area contributed by atoms with Crippen LogP contribution in [0.25, 0.3) is 0 Å². The van der Waals surface area contributed by atoms with Crippen LogP contribution in [0.3, 0.4) is 0 Å². The van der Waals surface area contributed by atoms with E-state index in [0.717, 1.165) is 6.07 Å². The molecule has 0 saturated carbocycles. The lowest BCUT2D eigenvalue weighted by Crippen LogP contribution is -2.47. The minimum absolute atomic E-state index is 0.161. The van der Waals surface area contributed by atoms with Crippen LogP contribution in [-0.4, -0.2) is 43.8 Å². The van der Waals surface area contributed by atoms with E-state index in [1.54, 1.807) is 40.7 Å². The molecular weight excluding hydrogens is 457 g/mol. The number of methoxy groups -OCH3 is 2. The van der Waals surface area contributed by atoms with Crippen LogP contribution in [0.2, 0.25) is 0 Å². The molecule has 190 valence electrons. The fraction of sp³-hybridized carbons (Fsp3) is 0.400. The van der Waals surface area contributed by atoms with Crippen LogP contribution in [0.15, 0.2) is 36.4 Å². The summed E-state index contributed by atoms with van der Waals surface area (Å²) in [4.78, 5) is 37.9. The second-order valence-electron chi connectivity index (χ2n) is 9.11. The lowest BCUT2D eigenvalue weighted by atomic mass is 10.0. The Morgan fingerprint density at radius 3 is 2.03 bits per heavy atom. The van der Waals surface area contributed by atoms with Crippen LogP contribution in [0.1, 0.15) is 45.0 Å². The van der Waals surface area contributed by atoms with Gasteiger partial charge in [0, 0.05) is 17.3 Å². The highest BCUT2D eigenvalue weighted by atomic mass is 19.1. The molecule has 0 spiro atoms. The van der Waals surface area contributed by atoms with Crippen LogP contribution in [0.5, 0.6) is 11.5 Å². The second kappa shape index (κ2) is 11.5. The van der Waals surface area contributed by atoms with E-state index >= 15 is 0 Å². The van der Waals surface area contributed by atoms with Gasteiger partial charge in [-0.15, -0.1) is 0 Å². The highest BCUT2D eigenvalue weighted by molar-refractivity contribution is 6.02. The Hall–Kier alpha value is -3.82. The largest absolute Gasteiger partial charge is 0.497 e. The average Bonchev–Trinajstić information content (AvgIpc) is 2.77. The monoisotopic (exact) mass is 489 g/mol. The van der Waals surface area contributed by atoms with Crippen molar-refractivity contribution in [1.82, 2.24) is 5.32 Å². The molecule has 35 heavy (non-hydrogen) atoms. The van der Waals surface area contributed by atoms with E-state index in [4.69, 9.17) is 14.2 Å². The molecule has 0 aliphatic rings. The van der Waals surface area contributed by atoms with Crippen molar-refractivity contribution in [3.8, 4) is 11.5 Å². The molecule has 3 N–H and O–H groups in total. The average molecular weight is 490 g/mol. The van der Waals surface area contributed by atoms with Crippen molar-refractivity contribution in [2.75, 3.05) is 24.9 Å². The van der Waals surface area contributed by atoms with E-state index in [9.17, 15) is 18.8 Å². The Bertz CT molecular complexity index is 1060. The zero-order valence-electron chi connectivity index (χ0n) is 20.9. The number of ether oxygens (including phenoxy) is 3. The fourth-order valence-corrected chi connectivity index (χ4v) is 3.03. The van der Waals surface area contributed by atoms with Crippen molar-refractivity contribution in [2.24, 2.45) is 5.92 Å². The Balaban J connectivity index is 2.17. The predicted molar refractivity (Wildman–Crippen MR) is 131 cm³/mol. The third kappa shape index (κ3) is 8.16. The first-order chi connectivity index (χ1) is 16.3. The van der Waals surface area contributed by atoms with Gasteiger partial charge >= 0.3 is 6.09 Å². The van der Waals surface area contributed by atoms with Gasteiger partial charge in [-0.05, 0) is 57.0 Å². The molecule has 2 aromatic rings. The van der Waals surface area contributed by atoms with Crippen molar-refractivity contribution < 1.29 is 33.0 Å². The molecule has 1 unspecified atom stereocenters. The summed E-state index contributed by atoms with van der Waals surface area (Å²) in [5.41, 5.74) is -0.441. The maximum atomic E-state index is 14.2. The van der Waals surface area contributed by atoms with Gasteiger partial charge in [-0.25, -0.2) is 9.18 Å². The van der Waals surface area contributed by atoms with E-state index in [1.165, 1.54) is 38.5 Å². The van der Waals surface area contributed by atoms with E-state index in [-0.39, 0.29) is 22.9 Å². The zero-order valence-corrected chi connectivity index (χ0v) is 20.9. The van der Waals surface area contributed by atoms with Crippen LogP contribution < -0.4 is 25.4 Å². The summed E-state index contributed by atoms with van der Waals surface area (Å²) in [6.45, 7) is 8.60. The van der Waals surface area contributed by atoms with Crippen molar-refractivity contribution in [3.05, 3.63) is 47.8 Å². The summed E-state index contributed by atoms with van der Waals surface area (Å²) in [6, 6.07) is 7.49. The van der Waals surface area contributed by atoms with Gasteiger partial charge in [0.05, 0.1) is 19.9 Å². The van der Waals surface area contributed by atoms with Crippen LogP contribution in [-0.2, 0) is 9.53 Å². The van der Waals surface area contributed by atoms with Crippen LogP contribution >= 0.6 is 0 Å². The van der Waals surface area contributed by atoms with E-state index in [2.05, 4.69) is 16.0 Å². The number of carbonyl (C=O) groups is 3. The molecule has 10 heteroatoms. The molecule has 0 bridgehead atoms. The Morgan fingerprint density at radius 1 is 0.914 bits per heavy atom. The molecule has 0 fully saturated rings.